The van der Waals surface area contributed by atoms with Gasteiger partial charge in [-0.2, -0.15) is 0 Å². The molecule has 0 aliphatic heterocycles. The summed E-state index contributed by atoms with van der Waals surface area (Å²) >= 11 is 1.58. The van der Waals surface area contributed by atoms with Crippen LogP contribution in [0.4, 0.5) is 0 Å². The van der Waals surface area contributed by atoms with E-state index in [1.807, 2.05) is 64.1 Å². The quantitative estimate of drug-likeness (QED) is 0.622. The van der Waals surface area contributed by atoms with Crippen molar-refractivity contribution in [3.63, 3.8) is 0 Å². The van der Waals surface area contributed by atoms with E-state index in [0.29, 0.717) is 12.3 Å². The number of amides is 2. The second-order valence-corrected chi connectivity index (χ2v) is 8.47. The van der Waals surface area contributed by atoms with Gasteiger partial charge in [-0.3, -0.25) is 9.59 Å². The van der Waals surface area contributed by atoms with Crippen LogP contribution in [0.25, 0.3) is 0 Å². The molecule has 0 unspecified atom stereocenters. The zero-order valence-electron chi connectivity index (χ0n) is 17.9. The van der Waals surface area contributed by atoms with Gasteiger partial charge < -0.3 is 10.2 Å². The SMILES string of the molecule is CC[C@H](C)NC(=O)[C@H](C)N(Cc1cccc(C)c1)C(=O)CSCc1ccccc1. The monoisotopic (exact) mass is 412 g/mol. The van der Waals surface area contributed by atoms with Crippen molar-refractivity contribution in [2.75, 3.05) is 5.75 Å². The molecule has 2 aromatic rings. The number of rotatable bonds is 10. The summed E-state index contributed by atoms with van der Waals surface area (Å²) in [6.45, 7) is 8.29. The minimum atomic E-state index is -0.519. The lowest BCUT2D eigenvalue weighted by molar-refractivity contribution is -0.138. The van der Waals surface area contributed by atoms with E-state index < -0.39 is 6.04 Å². The first-order chi connectivity index (χ1) is 13.9. The van der Waals surface area contributed by atoms with E-state index in [-0.39, 0.29) is 17.9 Å². The first kappa shape index (κ1) is 23.0. The highest BCUT2D eigenvalue weighted by molar-refractivity contribution is 7.99. The summed E-state index contributed by atoms with van der Waals surface area (Å²) in [6, 6.07) is 17.8. The Morgan fingerprint density at radius 2 is 1.72 bits per heavy atom. The Morgan fingerprint density at radius 3 is 2.38 bits per heavy atom. The number of nitrogens with zero attached hydrogens (tertiary/aromatic N) is 1. The maximum atomic E-state index is 13.0. The second kappa shape index (κ2) is 11.7. The van der Waals surface area contributed by atoms with Crippen molar-refractivity contribution < 1.29 is 9.59 Å². The summed E-state index contributed by atoms with van der Waals surface area (Å²) in [6.07, 6.45) is 0.858. The van der Waals surface area contributed by atoms with Crippen LogP contribution in [-0.2, 0) is 21.9 Å². The van der Waals surface area contributed by atoms with Gasteiger partial charge >= 0.3 is 0 Å². The highest BCUT2D eigenvalue weighted by atomic mass is 32.2. The van der Waals surface area contributed by atoms with Gasteiger partial charge in [0.15, 0.2) is 0 Å². The normalized spacial score (nSPS) is 12.8. The lowest BCUT2D eigenvalue weighted by Gasteiger charge is -2.29. The summed E-state index contributed by atoms with van der Waals surface area (Å²) in [5.41, 5.74) is 3.37. The van der Waals surface area contributed by atoms with Gasteiger partial charge in [-0.1, -0.05) is 67.1 Å². The molecule has 0 bridgehead atoms. The van der Waals surface area contributed by atoms with Gasteiger partial charge in [0.1, 0.15) is 6.04 Å². The standard InChI is InChI=1S/C24H32N2O2S/c1-5-19(3)25-24(28)20(4)26(15-22-13-9-10-18(2)14-22)23(27)17-29-16-21-11-7-6-8-12-21/h6-14,19-20H,5,15-17H2,1-4H3,(H,25,28)/t19-,20-/m0/s1. The Bertz CT molecular complexity index is 794. The summed E-state index contributed by atoms with van der Waals surface area (Å²) < 4.78 is 0. The molecule has 0 spiro atoms. The molecule has 0 heterocycles. The molecule has 156 valence electrons. The van der Waals surface area contributed by atoms with Crippen LogP contribution in [0.3, 0.4) is 0 Å². The summed E-state index contributed by atoms with van der Waals surface area (Å²) in [5, 5.41) is 3.00. The number of carbonyl (C=O) groups is 2. The first-order valence-electron chi connectivity index (χ1n) is 10.2. The van der Waals surface area contributed by atoms with Crippen molar-refractivity contribution in [3.8, 4) is 0 Å². The molecule has 0 fully saturated rings. The minimum absolute atomic E-state index is 0.0146. The maximum absolute atomic E-state index is 13.0. The first-order valence-corrected chi connectivity index (χ1v) is 11.3. The van der Waals surface area contributed by atoms with Crippen molar-refractivity contribution in [2.45, 2.75) is 58.5 Å². The van der Waals surface area contributed by atoms with Crippen molar-refractivity contribution in [2.24, 2.45) is 0 Å². The van der Waals surface area contributed by atoms with Crippen LogP contribution in [0.1, 0.15) is 43.9 Å². The number of aryl methyl sites for hydroxylation is 1. The molecule has 0 aliphatic rings. The van der Waals surface area contributed by atoms with Gasteiger partial charge in [-0.05, 0) is 38.3 Å². The van der Waals surface area contributed by atoms with E-state index in [1.54, 1.807) is 16.7 Å². The van der Waals surface area contributed by atoms with Gasteiger partial charge in [0.05, 0.1) is 5.75 Å². The predicted molar refractivity (Wildman–Crippen MR) is 122 cm³/mol. The molecule has 0 aliphatic carbocycles. The van der Waals surface area contributed by atoms with Crippen LogP contribution < -0.4 is 5.32 Å². The fourth-order valence-corrected chi connectivity index (χ4v) is 3.84. The molecule has 2 atom stereocenters. The predicted octanol–water partition coefficient (Wildman–Crippen LogP) is 4.56. The smallest absolute Gasteiger partial charge is 0.242 e. The average Bonchev–Trinajstić information content (AvgIpc) is 2.72. The fourth-order valence-electron chi connectivity index (χ4n) is 2.97. The number of nitrogens with one attached hydrogen (secondary N) is 1. The third-order valence-electron chi connectivity index (χ3n) is 4.94. The van der Waals surface area contributed by atoms with Crippen molar-refractivity contribution in [1.29, 1.82) is 0 Å². The van der Waals surface area contributed by atoms with E-state index in [1.165, 1.54) is 5.56 Å². The summed E-state index contributed by atoms with van der Waals surface area (Å²) in [4.78, 5) is 27.4. The molecular formula is C24H32N2O2S. The number of thioether (sulfide) groups is 1. The van der Waals surface area contributed by atoms with Gasteiger partial charge in [-0.25, -0.2) is 0 Å². The van der Waals surface area contributed by atoms with Gasteiger partial charge in [-0.15, -0.1) is 11.8 Å². The van der Waals surface area contributed by atoms with Crippen LogP contribution in [0.5, 0.6) is 0 Å². The maximum Gasteiger partial charge on any atom is 0.242 e. The van der Waals surface area contributed by atoms with Gasteiger partial charge in [0.2, 0.25) is 11.8 Å². The van der Waals surface area contributed by atoms with Crippen molar-refractivity contribution in [1.82, 2.24) is 10.2 Å². The molecule has 0 aromatic heterocycles. The van der Waals surface area contributed by atoms with Crippen LogP contribution >= 0.6 is 11.8 Å². The zero-order chi connectivity index (χ0) is 21.2. The number of hydrogen-bond donors (Lipinski definition) is 1. The number of hydrogen-bond acceptors (Lipinski definition) is 3. The van der Waals surface area contributed by atoms with E-state index in [0.717, 1.165) is 23.3 Å². The minimum Gasteiger partial charge on any atom is -0.352 e. The Hall–Kier alpha value is -2.27. The fraction of sp³-hybridized carbons (Fsp3) is 0.417. The molecule has 1 N–H and O–H groups in total. The lowest BCUT2D eigenvalue weighted by Crippen LogP contribution is -2.50. The third kappa shape index (κ3) is 7.58. The lowest BCUT2D eigenvalue weighted by atomic mass is 10.1. The van der Waals surface area contributed by atoms with E-state index in [9.17, 15) is 9.59 Å². The highest BCUT2D eigenvalue weighted by Crippen LogP contribution is 2.16. The number of benzene rings is 2. The molecule has 29 heavy (non-hydrogen) atoms. The van der Waals surface area contributed by atoms with E-state index >= 15 is 0 Å². The average molecular weight is 413 g/mol. The van der Waals surface area contributed by atoms with Crippen LogP contribution in [0.2, 0.25) is 0 Å². The van der Waals surface area contributed by atoms with Crippen LogP contribution in [-0.4, -0.2) is 34.6 Å². The molecule has 0 saturated heterocycles. The zero-order valence-corrected chi connectivity index (χ0v) is 18.7. The largest absolute Gasteiger partial charge is 0.352 e. The Labute approximate surface area is 179 Å². The third-order valence-corrected chi connectivity index (χ3v) is 5.93. The molecule has 4 nitrogen and oxygen atoms in total. The Balaban J connectivity index is 2.07. The van der Waals surface area contributed by atoms with Crippen LogP contribution in [0.15, 0.2) is 54.6 Å². The molecule has 2 amide bonds. The van der Waals surface area contributed by atoms with E-state index in [2.05, 4.69) is 23.5 Å². The molecular weight excluding hydrogens is 380 g/mol. The molecule has 0 radical (unpaired) electrons. The molecule has 5 heteroatoms. The highest BCUT2D eigenvalue weighted by Gasteiger charge is 2.26. The summed E-state index contributed by atoms with van der Waals surface area (Å²) in [5.74, 6) is 1.01. The van der Waals surface area contributed by atoms with E-state index in [4.69, 9.17) is 0 Å². The molecule has 2 aromatic carbocycles. The summed E-state index contributed by atoms with van der Waals surface area (Å²) in [7, 11) is 0. The Morgan fingerprint density at radius 1 is 1.03 bits per heavy atom. The van der Waals surface area contributed by atoms with Crippen LogP contribution in [0, 0.1) is 6.92 Å². The Kier molecular flexibility index (Phi) is 9.26. The van der Waals surface area contributed by atoms with Gasteiger partial charge in [0, 0.05) is 18.3 Å². The van der Waals surface area contributed by atoms with Gasteiger partial charge in [0.25, 0.3) is 0 Å². The van der Waals surface area contributed by atoms with Crippen molar-refractivity contribution in [3.05, 3.63) is 71.3 Å². The van der Waals surface area contributed by atoms with Crippen molar-refractivity contribution >= 4 is 23.6 Å². The second-order valence-electron chi connectivity index (χ2n) is 7.48. The molecule has 0 saturated carbocycles. The molecule has 2 rings (SSSR count). The number of carbonyl (C=O) groups excluding carboxylic acids is 2. The topological polar surface area (TPSA) is 49.4 Å².